The van der Waals surface area contributed by atoms with E-state index in [-0.39, 0.29) is 0 Å². The van der Waals surface area contributed by atoms with Crippen molar-refractivity contribution in [3.63, 3.8) is 0 Å². The van der Waals surface area contributed by atoms with Gasteiger partial charge < -0.3 is 15.1 Å². The molecule has 3 nitrogen and oxygen atoms in total. The highest BCUT2D eigenvalue weighted by Crippen LogP contribution is 2.33. The molecule has 0 aliphatic carbocycles. The number of nitrogens with one attached hydrogen (secondary N) is 1. The number of hydrogen-bond donors (Lipinski definition) is 1. The van der Waals surface area contributed by atoms with Crippen LogP contribution in [0.4, 0.5) is 0 Å². The highest BCUT2D eigenvalue weighted by atomic mass is 15.2. The molecule has 0 amide bonds. The largest absolute Gasteiger partial charge is 0.316 e. The molecule has 1 unspecified atom stereocenters. The first-order chi connectivity index (χ1) is 8.65. The maximum atomic E-state index is 3.58. The summed E-state index contributed by atoms with van der Waals surface area (Å²) in [6.45, 7) is 8.73. The average Bonchev–Trinajstić information content (AvgIpc) is 2.79. The number of rotatable bonds is 5. The molecule has 2 aliphatic rings. The van der Waals surface area contributed by atoms with Crippen LogP contribution in [-0.4, -0.2) is 62.7 Å². The molecule has 3 heteroatoms. The van der Waals surface area contributed by atoms with Crippen molar-refractivity contribution in [1.82, 2.24) is 15.1 Å². The summed E-state index contributed by atoms with van der Waals surface area (Å²) in [6, 6.07) is 0.810. The molecule has 1 atom stereocenters. The van der Waals surface area contributed by atoms with Crippen molar-refractivity contribution < 1.29 is 0 Å². The Morgan fingerprint density at radius 3 is 2.50 bits per heavy atom. The molecule has 18 heavy (non-hydrogen) atoms. The summed E-state index contributed by atoms with van der Waals surface area (Å²) in [5, 5.41) is 3.58. The van der Waals surface area contributed by atoms with Gasteiger partial charge in [-0.2, -0.15) is 0 Å². The van der Waals surface area contributed by atoms with E-state index in [1.807, 2.05) is 0 Å². The van der Waals surface area contributed by atoms with E-state index in [1.54, 1.807) is 0 Å². The molecule has 2 aliphatic heterocycles. The van der Waals surface area contributed by atoms with E-state index in [9.17, 15) is 0 Å². The molecule has 2 rings (SSSR count). The predicted octanol–water partition coefficient (Wildman–Crippen LogP) is 1.79. The molecule has 0 aromatic heterocycles. The maximum Gasteiger partial charge on any atom is 0.0113 e. The second kappa shape index (κ2) is 6.36. The first-order valence-electron chi connectivity index (χ1n) is 7.75. The van der Waals surface area contributed by atoms with E-state index in [0.717, 1.165) is 6.04 Å². The molecule has 0 aromatic carbocycles. The topological polar surface area (TPSA) is 18.5 Å². The van der Waals surface area contributed by atoms with Crippen LogP contribution in [0.1, 0.15) is 39.0 Å². The van der Waals surface area contributed by atoms with Gasteiger partial charge in [-0.1, -0.05) is 13.3 Å². The van der Waals surface area contributed by atoms with Gasteiger partial charge in [0.15, 0.2) is 0 Å². The zero-order chi connectivity index (χ0) is 13.0. The molecule has 0 aromatic rings. The Morgan fingerprint density at radius 2 is 2.00 bits per heavy atom. The lowest BCUT2D eigenvalue weighted by Gasteiger charge is -2.40. The Balaban J connectivity index is 1.82. The summed E-state index contributed by atoms with van der Waals surface area (Å²) in [6.07, 6.45) is 6.81. The van der Waals surface area contributed by atoms with Gasteiger partial charge in [-0.3, -0.25) is 0 Å². The van der Waals surface area contributed by atoms with Crippen molar-refractivity contribution in [1.29, 1.82) is 0 Å². The van der Waals surface area contributed by atoms with Gasteiger partial charge in [0, 0.05) is 19.1 Å². The summed E-state index contributed by atoms with van der Waals surface area (Å²) in [4.78, 5) is 5.12. The van der Waals surface area contributed by atoms with Crippen molar-refractivity contribution in [2.75, 3.05) is 46.8 Å². The second-order valence-corrected chi connectivity index (χ2v) is 6.65. The van der Waals surface area contributed by atoms with Crippen molar-refractivity contribution in [3.05, 3.63) is 0 Å². The Labute approximate surface area is 113 Å². The number of likely N-dealkylation sites (tertiary alicyclic amines) is 1. The summed E-state index contributed by atoms with van der Waals surface area (Å²) in [7, 11) is 4.44. The van der Waals surface area contributed by atoms with Crippen LogP contribution in [0.15, 0.2) is 0 Å². The van der Waals surface area contributed by atoms with Crippen molar-refractivity contribution >= 4 is 0 Å². The van der Waals surface area contributed by atoms with Crippen molar-refractivity contribution in [2.24, 2.45) is 5.41 Å². The van der Waals surface area contributed by atoms with Gasteiger partial charge in [0.05, 0.1) is 0 Å². The Morgan fingerprint density at radius 1 is 1.28 bits per heavy atom. The molecule has 106 valence electrons. The van der Waals surface area contributed by atoms with Gasteiger partial charge >= 0.3 is 0 Å². The Hall–Kier alpha value is -0.120. The van der Waals surface area contributed by atoms with Crippen LogP contribution >= 0.6 is 0 Å². The minimum Gasteiger partial charge on any atom is -0.316 e. The smallest absolute Gasteiger partial charge is 0.0113 e. The van der Waals surface area contributed by atoms with Crippen LogP contribution < -0.4 is 5.32 Å². The monoisotopic (exact) mass is 253 g/mol. The first-order valence-corrected chi connectivity index (χ1v) is 7.75. The normalized spacial score (nSPS) is 31.3. The van der Waals surface area contributed by atoms with E-state index < -0.39 is 0 Å². The highest BCUT2D eigenvalue weighted by molar-refractivity contribution is 4.91. The fourth-order valence-corrected chi connectivity index (χ4v) is 3.82. The summed E-state index contributed by atoms with van der Waals surface area (Å²) in [5.74, 6) is 0. The third-order valence-electron chi connectivity index (χ3n) is 4.96. The minimum absolute atomic E-state index is 0.583. The van der Waals surface area contributed by atoms with Gasteiger partial charge in [-0.25, -0.2) is 0 Å². The van der Waals surface area contributed by atoms with E-state index >= 15 is 0 Å². The van der Waals surface area contributed by atoms with Crippen LogP contribution in [0.3, 0.4) is 0 Å². The predicted molar refractivity (Wildman–Crippen MR) is 78.0 cm³/mol. The third kappa shape index (κ3) is 3.46. The molecule has 2 saturated heterocycles. The number of hydrogen-bond acceptors (Lipinski definition) is 3. The number of piperidine rings is 1. The molecule has 2 heterocycles. The van der Waals surface area contributed by atoms with Crippen molar-refractivity contribution in [3.8, 4) is 0 Å². The van der Waals surface area contributed by atoms with E-state index in [0.29, 0.717) is 5.41 Å². The van der Waals surface area contributed by atoms with Gasteiger partial charge in [0.2, 0.25) is 0 Å². The van der Waals surface area contributed by atoms with E-state index in [2.05, 4.69) is 36.1 Å². The highest BCUT2D eigenvalue weighted by Gasteiger charge is 2.35. The molecule has 2 fully saturated rings. The standard InChI is InChI=1S/C15H31N3/c1-4-7-15(8-9-16-12-15)13-18-10-5-14(6-11-18)17(2)3/h14,16H,4-13H2,1-3H3. The zero-order valence-corrected chi connectivity index (χ0v) is 12.5. The van der Waals surface area contributed by atoms with Crippen LogP contribution in [0.5, 0.6) is 0 Å². The molecule has 0 saturated carbocycles. The molecule has 0 radical (unpaired) electrons. The Kier molecular flexibility index (Phi) is 5.05. The number of nitrogens with zero attached hydrogens (tertiary/aromatic N) is 2. The average molecular weight is 253 g/mol. The molecular formula is C15H31N3. The van der Waals surface area contributed by atoms with Gasteiger partial charge in [-0.05, 0) is 64.8 Å². The molecule has 0 spiro atoms. The quantitative estimate of drug-likeness (QED) is 0.806. The fourth-order valence-electron chi connectivity index (χ4n) is 3.82. The van der Waals surface area contributed by atoms with E-state index in [1.165, 1.54) is 64.8 Å². The second-order valence-electron chi connectivity index (χ2n) is 6.65. The lowest BCUT2D eigenvalue weighted by molar-refractivity contribution is 0.0964. The summed E-state index contributed by atoms with van der Waals surface area (Å²) < 4.78 is 0. The lowest BCUT2D eigenvalue weighted by atomic mass is 9.81. The molecule has 1 N–H and O–H groups in total. The van der Waals surface area contributed by atoms with Gasteiger partial charge in [-0.15, -0.1) is 0 Å². The van der Waals surface area contributed by atoms with E-state index in [4.69, 9.17) is 0 Å². The van der Waals surface area contributed by atoms with Crippen LogP contribution in [0.25, 0.3) is 0 Å². The summed E-state index contributed by atoms with van der Waals surface area (Å²) in [5.41, 5.74) is 0.583. The van der Waals surface area contributed by atoms with Gasteiger partial charge in [0.1, 0.15) is 0 Å². The minimum atomic E-state index is 0.583. The summed E-state index contributed by atoms with van der Waals surface area (Å²) >= 11 is 0. The molecular weight excluding hydrogens is 222 g/mol. The van der Waals surface area contributed by atoms with Crippen LogP contribution in [0, 0.1) is 5.41 Å². The first kappa shape index (κ1) is 14.3. The Bertz CT molecular complexity index is 238. The zero-order valence-electron chi connectivity index (χ0n) is 12.5. The third-order valence-corrected chi connectivity index (χ3v) is 4.96. The lowest BCUT2D eigenvalue weighted by Crippen LogP contribution is -2.46. The molecule has 0 bridgehead atoms. The van der Waals surface area contributed by atoms with Crippen LogP contribution in [0.2, 0.25) is 0 Å². The van der Waals surface area contributed by atoms with Crippen LogP contribution in [-0.2, 0) is 0 Å². The fraction of sp³-hybridized carbons (Fsp3) is 1.00. The maximum absolute atomic E-state index is 3.58. The van der Waals surface area contributed by atoms with Crippen molar-refractivity contribution in [2.45, 2.75) is 45.1 Å². The SMILES string of the molecule is CCCC1(CN2CCC(N(C)C)CC2)CCNC1. The van der Waals surface area contributed by atoms with Gasteiger partial charge in [0.25, 0.3) is 0 Å².